The molecular formula is C16H14ClFN6OS. The lowest BCUT2D eigenvalue weighted by Gasteiger charge is -2.09. The van der Waals surface area contributed by atoms with E-state index in [1.807, 2.05) is 0 Å². The smallest absolute Gasteiger partial charge is 0.222 e. The van der Waals surface area contributed by atoms with Crippen molar-refractivity contribution in [3.63, 3.8) is 0 Å². The predicted octanol–water partition coefficient (Wildman–Crippen LogP) is 3.36. The summed E-state index contributed by atoms with van der Waals surface area (Å²) in [7, 11) is 0. The molecular weight excluding hydrogens is 379 g/mol. The summed E-state index contributed by atoms with van der Waals surface area (Å²) in [5, 5.41) is 9.55. The Hall–Kier alpha value is -2.65. The van der Waals surface area contributed by atoms with Gasteiger partial charge >= 0.3 is 0 Å². The number of nitrogens with zero attached hydrogens (tertiary/aromatic N) is 5. The Morgan fingerprint density at radius 3 is 2.85 bits per heavy atom. The number of aromatic nitrogens is 5. The van der Waals surface area contributed by atoms with Crippen LogP contribution in [0.4, 0.5) is 10.3 Å². The van der Waals surface area contributed by atoms with E-state index in [1.54, 1.807) is 34.9 Å². The van der Waals surface area contributed by atoms with Crippen LogP contribution in [0.25, 0.3) is 0 Å². The van der Waals surface area contributed by atoms with Gasteiger partial charge in [0.15, 0.2) is 22.5 Å². The number of para-hydroxylation sites is 1. The molecule has 0 aliphatic heterocycles. The summed E-state index contributed by atoms with van der Waals surface area (Å²) in [5.41, 5.74) is 5.61. The Morgan fingerprint density at radius 1 is 1.31 bits per heavy atom. The van der Waals surface area contributed by atoms with Crippen molar-refractivity contribution < 1.29 is 9.13 Å². The molecule has 0 aliphatic carbocycles. The van der Waals surface area contributed by atoms with Gasteiger partial charge in [-0.1, -0.05) is 29.8 Å². The standard InChI is InChI=1S/C16H14ClFN6OS/c1-2-7-24-13(9-25-11-6-4-3-5-10(11)18)22-23-16(24)26-14-8-12(17)20-15(19)21-14/h2-6,8H,1,7,9H2,(H2,19,20,21). The fourth-order valence-electron chi connectivity index (χ4n) is 2.08. The van der Waals surface area contributed by atoms with Crippen molar-refractivity contribution in [3.05, 3.63) is 59.8 Å². The van der Waals surface area contributed by atoms with Crippen molar-refractivity contribution >= 4 is 29.3 Å². The molecule has 0 saturated carbocycles. The van der Waals surface area contributed by atoms with Crippen molar-refractivity contribution in [1.82, 2.24) is 24.7 Å². The molecule has 0 atom stereocenters. The van der Waals surface area contributed by atoms with Crippen molar-refractivity contribution in [1.29, 1.82) is 0 Å². The molecule has 2 aromatic heterocycles. The van der Waals surface area contributed by atoms with Gasteiger partial charge in [0.1, 0.15) is 16.8 Å². The van der Waals surface area contributed by atoms with Crippen molar-refractivity contribution in [2.75, 3.05) is 5.73 Å². The Labute approximate surface area is 158 Å². The summed E-state index contributed by atoms with van der Waals surface area (Å²) in [5.74, 6) is 0.287. The zero-order valence-corrected chi connectivity index (χ0v) is 15.0. The van der Waals surface area contributed by atoms with Crippen LogP contribution in [0, 0.1) is 5.82 Å². The average molecular weight is 393 g/mol. The molecule has 0 amide bonds. The maximum Gasteiger partial charge on any atom is 0.222 e. The molecule has 3 aromatic rings. The second-order valence-corrected chi connectivity index (χ2v) is 6.38. The second kappa shape index (κ2) is 8.15. The summed E-state index contributed by atoms with van der Waals surface area (Å²) in [4.78, 5) is 7.92. The third kappa shape index (κ3) is 4.30. The van der Waals surface area contributed by atoms with Crippen LogP contribution in [-0.4, -0.2) is 24.7 Å². The summed E-state index contributed by atoms with van der Waals surface area (Å²) >= 11 is 7.12. The Bertz CT molecular complexity index is 915. The number of allylic oxidation sites excluding steroid dienone is 1. The zero-order valence-electron chi connectivity index (χ0n) is 13.5. The molecule has 2 N–H and O–H groups in total. The number of benzene rings is 1. The van der Waals surface area contributed by atoms with Gasteiger partial charge in [-0.3, -0.25) is 4.57 Å². The summed E-state index contributed by atoms with van der Waals surface area (Å²) in [6.45, 7) is 4.23. The third-order valence-corrected chi connectivity index (χ3v) is 4.28. The SMILES string of the molecule is C=CCn1c(COc2ccccc2F)nnc1Sc1cc(Cl)nc(N)n1. The fourth-order valence-corrected chi connectivity index (χ4v) is 3.20. The first-order chi connectivity index (χ1) is 12.6. The monoisotopic (exact) mass is 392 g/mol. The molecule has 0 unspecified atom stereocenters. The first-order valence-electron chi connectivity index (χ1n) is 7.45. The van der Waals surface area contributed by atoms with E-state index < -0.39 is 5.82 Å². The van der Waals surface area contributed by atoms with Crippen molar-refractivity contribution in [2.45, 2.75) is 23.3 Å². The highest BCUT2D eigenvalue weighted by molar-refractivity contribution is 7.99. The van der Waals surface area contributed by atoms with Gasteiger partial charge in [-0.15, -0.1) is 16.8 Å². The molecule has 0 radical (unpaired) electrons. The average Bonchev–Trinajstić information content (AvgIpc) is 2.95. The van der Waals surface area contributed by atoms with Gasteiger partial charge in [0.25, 0.3) is 0 Å². The lowest BCUT2D eigenvalue weighted by atomic mass is 10.3. The minimum absolute atomic E-state index is 0.0506. The number of nitrogens with two attached hydrogens (primary N) is 1. The maximum atomic E-state index is 13.7. The number of ether oxygens (including phenoxy) is 1. The van der Waals surface area contributed by atoms with Gasteiger partial charge in [0, 0.05) is 12.6 Å². The van der Waals surface area contributed by atoms with Crippen LogP contribution in [0.3, 0.4) is 0 Å². The molecule has 26 heavy (non-hydrogen) atoms. The molecule has 3 rings (SSSR count). The normalized spacial score (nSPS) is 10.7. The number of halogens is 2. The number of hydrogen-bond acceptors (Lipinski definition) is 7. The highest BCUT2D eigenvalue weighted by atomic mass is 35.5. The van der Waals surface area contributed by atoms with E-state index in [0.29, 0.717) is 22.6 Å². The lowest BCUT2D eigenvalue weighted by molar-refractivity contribution is 0.275. The van der Waals surface area contributed by atoms with Crippen molar-refractivity contribution in [2.24, 2.45) is 0 Å². The van der Waals surface area contributed by atoms with Crippen LogP contribution >= 0.6 is 23.4 Å². The van der Waals surface area contributed by atoms with Gasteiger partial charge in [0.05, 0.1) is 0 Å². The van der Waals surface area contributed by atoms with Crippen LogP contribution in [0.1, 0.15) is 5.82 Å². The number of hydrogen-bond donors (Lipinski definition) is 1. The number of rotatable bonds is 7. The molecule has 2 heterocycles. The van der Waals surface area contributed by atoms with E-state index in [4.69, 9.17) is 22.1 Å². The second-order valence-electron chi connectivity index (χ2n) is 5.01. The largest absolute Gasteiger partial charge is 0.483 e. The fraction of sp³-hybridized carbons (Fsp3) is 0.125. The molecule has 7 nitrogen and oxygen atoms in total. The Kier molecular flexibility index (Phi) is 5.69. The number of nitrogen functional groups attached to an aromatic ring is 1. The first kappa shape index (κ1) is 18.2. The van der Waals surface area contributed by atoms with E-state index in [0.717, 1.165) is 0 Å². The molecule has 0 saturated heterocycles. The highest BCUT2D eigenvalue weighted by Gasteiger charge is 2.15. The molecule has 134 valence electrons. The van der Waals surface area contributed by atoms with E-state index in [1.165, 1.54) is 17.8 Å². The van der Waals surface area contributed by atoms with Crippen LogP contribution in [0.2, 0.25) is 5.15 Å². The summed E-state index contributed by atoms with van der Waals surface area (Å²) < 4.78 is 21.0. The molecule has 0 bridgehead atoms. The lowest BCUT2D eigenvalue weighted by Crippen LogP contribution is -2.08. The topological polar surface area (TPSA) is 91.7 Å². The minimum Gasteiger partial charge on any atom is -0.483 e. The van der Waals surface area contributed by atoms with Gasteiger partial charge < -0.3 is 10.5 Å². The molecule has 0 aliphatic rings. The quantitative estimate of drug-likeness (QED) is 0.486. The summed E-state index contributed by atoms with van der Waals surface area (Å²) in [6, 6.07) is 7.73. The highest BCUT2D eigenvalue weighted by Crippen LogP contribution is 2.27. The Morgan fingerprint density at radius 2 is 2.12 bits per heavy atom. The predicted molar refractivity (Wildman–Crippen MR) is 96.5 cm³/mol. The van der Waals surface area contributed by atoms with E-state index in [-0.39, 0.29) is 23.5 Å². The van der Waals surface area contributed by atoms with E-state index >= 15 is 0 Å². The van der Waals surface area contributed by atoms with Gasteiger partial charge in [-0.2, -0.15) is 0 Å². The zero-order chi connectivity index (χ0) is 18.5. The third-order valence-electron chi connectivity index (χ3n) is 3.18. The van der Waals surface area contributed by atoms with E-state index in [2.05, 4.69) is 26.7 Å². The van der Waals surface area contributed by atoms with E-state index in [9.17, 15) is 4.39 Å². The molecule has 0 fully saturated rings. The number of anilines is 1. The van der Waals surface area contributed by atoms with Crippen LogP contribution in [0.15, 0.2) is 53.2 Å². The summed E-state index contributed by atoms with van der Waals surface area (Å²) in [6.07, 6.45) is 1.70. The molecule has 1 aromatic carbocycles. The van der Waals surface area contributed by atoms with Crippen LogP contribution in [0.5, 0.6) is 5.75 Å². The molecule has 10 heteroatoms. The van der Waals surface area contributed by atoms with Crippen LogP contribution in [-0.2, 0) is 13.2 Å². The van der Waals surface area contributed by atoms with Gasteiger partial charge in [-0.25, -0.2) is 14.4 Å². The Balaban J connectivity index is 1.81. The van der Waals surface area contributed by atoms with Crippen molar-refractivity contribution in [3.8, 4) is 5.75 Å². The first-order valence-corrected chi connectivity index (χ1v) is 8.64. The molecule has 0 spiro atoms. The van der Waals surface area contributed by atoms with Gasteiger partial charge in [-0.05, 0) is 23.9 Å². The van der Waals surface area contributed by atoms with Crippen LogP contribution < -0.4 is 10.5 Å². The minimum atomic E-state index is -0.442. The van der Waals surface area contributed by atoms with Gasteiger partial charge in [0.2, 0.25) is 5.95 Å². The maximum absolute atomic E-state index is 13.7.